The van der Waals surface area contributed by atoms with Gasteiger partial charge in [-0.25, -0.2) is 4.68 Å². The number of carboxylic acid groups (broad SMARTS) is 1. The Hall–Kier alpha value is -3.65. The van der Waals surface area contributed by atoms with E-state index in [2.05, 4.69) is 5.10 Å². The van der Waals surface area contributed by atoms with Crippen molar-refractivity contribution in [2.24, 2.45) is 5.73 Å². The summed E-state index contributed by atoms with van der Waals surface area (Å²) in [7, 11) is 0. The molecule has 2 aromatic heterocycles. The zero-order valence-electron chi connectivity index (χ0n) is 15.9. The third-order valence-electron chi connectivity index (χ3n) is 4.99. The predicted octanol–water partition coefficient (Wildman–Crippen LogP) is 2.55. The van der Waals surface area contributed by atoms with Gasteiger partial charge in [-0.1, -0.05) is 29.8 Å². The van der Waals surface area contributed by atoms with E-state index in [1.54, 1.807) is 54.0 Å². The van der Waals surface area contributed by atoms with Gasteiger partial charge in [-0.2, -0.15) is 5.10 Å². The first kappa shape index (κ1) is 19.7. The molecule has 4 aromatic rings. The van der Waals surface area contributed by atoms with E-state index in [9.17, 15) is 19.5 Å². The summed E-state index contributed by atoms with van der Waals surface area (Å²) in [5, 5.41) is 16.0. The van der Waals surface area contributed by atoms with Gasteiger partial charge in [0.15, 0.2) is 0 Å². The molecule has 152 valence electrons. The number of hydrogen-bond acceptors (Lipinski definition) is 4. The van der Waals surface area contributed by atoms with Crippen molar-refractivity contribution >= 4 is 45.2 Å². The summed E-state index contributed by atoms with van der Waals surface area (Å²) >= 11 is 6.23. The average molecular weight is 425 g/mol. The van der Waals surface area contributed by atoms with Crippen LogP contribution < -0.4 is 11.3 Å². The van der Waals surface area contributed by atoms with Gasteiger partial charge in [-0.3, -0.25) is 14.4 Å². The largest absolute Gasteiger partial charge is 0.480 e. The molecule has 30 heavy (non-hydrogen) atoms. The lowest BCUT2D eigenvalue weighted by molar-refractivity contribution is -0.137. The highest BCUT2D eigenvalue weighted by atomic mass is 35.5. The smallest absolute Gasteiger partial charge is 0.323 e. The lowest BCUT2D eigenvalue weighted by Gasteiger charge is -2.11. The van der Waals surface area contributed by atoms with Crippen LogP contribution in [0.25, 0.3) is 32.9 Å². The van der Waals surface area contributed by atoms with Crippen molar-refractivity contribution in [3.8, 4) is 11.3 Å². The molecule has 4 rings (SSSR count). The molecule has 0 spiro atoms. The van der Waals surface area contributed by atoms with Gasteiger partial charge in [0, 0.05) is 32.6 Å². The van der Waals surface area contributed by atoms with Gasteiger partial charge >= 0.3 is 5.97 Å². The van der Waals surface area contributed by atoms with Gasteiger partial charge < -0.3 is 15.4 Å². The molecule has 8 nitrogen and oxygen atoms in total. The van der Waals surface area contributed by atoms with E-state index >= 15 is 0 Å². The van der Waals surface area contributed by atoms with Crippen molar-refractivity contribution in [3.05, 3.63) is 63.5 Å². The zero-order chi connectivity index (χ0) is 21.6. The minimum absolute atomic E-state index is 0.247. The van der Waals surface area contributed by atoms with Crippen LogP contribution in [0.4, 0.5) is 0 Å². The standard InChI is InChI=1S/C21H17ClN4O4/c1-11-19(15-8-12(22)6-7-16(15)25(11)10-18(28)29)20-13-4-2-3-5-14(13)21(30)26(24-20)9-17(23)27/h2-8H,9-10H2,1H3,(H2,23,27)(H,28,29). The van der Waals surface area contributed by atoms with E-state index in [1.807, 2.05) is 0 Å². The van der Waals surface area contributed by atoms with E-state index in [4.69, 9.17) is 17.3 Å². The minimum Gasteiger partial charge on any atom is -0.480 e. The van der Waals surface area contributed by atoms with Crippen LogP contribution in [0.1, 0.15) is 5.69 Å². The van der Waals surface area contributed by atoms with Crippen LogP contribution in [0, 0.1) is 6.92 Å². The van der Waals surface area contributed by atoms with Crippen LogP contribution in [0.15, 0.2) is 47.3 Å². The molecule has 3 N–H and O–H groups in total. The number of rotatable bonds is 5. The van der Waals surface area contributed by atoms with Crippen LogP contribution in [-0.4, -0.2) is 31.3 Å². The van der Waals surface area contributed by atoms with Crippen LogP contribution >= 0.6 is 11.6 Å². The van der Waals surface area contributed by atoms with Crippen LogP contribution in [-0.2, 0) is 22.7 Å². The first-order valence-electron chi connectivity index (χ1n) is 9.06. The van der Waals surface area contributed by atoms with E-state index in [-0.39, 0.29) is 13.1 Å². The highest BCUT2D eigenvalue weighted by molar-refractivity contribution is 6.31. The SMILES string of the molecule is Cc1c(-c2nn(CC(N)=O)c(=O)c3ccccc23)c2cc(Cl)ccc2n1CC(=O)O. The first-order chi connectivity index (χ1) is 14.3. The summed E-state index contributed by atoms with van der Waals surface area (Å²) in [6.45, 7) is 1.17. The fourth-order valence-corrected chi connectivity index (χ4v) is 3.94. The van der Waals surface area contributed by atoms with E-state index in [0.29, 0.717) is 43.6 Å². The van der Waals surface area contributed by atoms with Crippen molar-refractivity contribution in [1.82, 2.24) is 14.3 Å². The van der Waals surface area contributed by atoms with Gasteiger partial charge in [0.25, 0.3) is 5.56 Å². The van der Waals surface area contributed by atoms with Gasteiger partial charge in [-0.05, 0) is 31.2 Å². The second kappa shape index (κ2) is 7.31. The maximum Gasteiger partial charge on any atom is 0.323 e. The molecular weight excluding hydrogens is 408 g/mol. The summed E-state index contributed by atoms with van der Waals surface area (Å²) in [6.07, 6.45) is 0. The van der Waals surface area contributed by atoms with Gasteiger partial charge in [0.1, 0.15) is 18.8 Å². The van der Waals surface area contributed by atoms with Crippen molar-refractivity contribution in [2.75, 3.05) is 0 Å². The molecule has 2 aromatic carbocycles. The fraction of sp³-hybridized carbons (Fsp3) is 0.143. The fourth-order valence-electron chi connectivity index (χ4n) is 3.77. The van der Waals surface area contributed by atoms with E-state index < -0.39 is 17.4 Å². The van der Waals surface area contributed by atoms with E-state index in [1.165, 1.54) is 0 Å². The molecule has 0 aliphatic heterocycles. The molecular formula is C21H17ClN4O4. The highest BCUT2D eigenvalue weighted by Crippen LogP contribution is 2.37. The third kappa shape index (κ3) is 3.21. The second-order valence-electron chi connectivity index (χ2n) is 6.93. The molecule has 0 bridgehead atoms. The number of benzene rings is 2. The Bertz CT molecular complexity index is 1400. The number of primary amides is 1. The normalized spacial score (nSPS) is 11.3. The summed E-state index contributed by atoms with van der Waals surface area (Å²) < 4.78 is 2.69. The number of fused-ring (bicyclic) bond motifs is 2. The molecule has 0 saturated heterocycles. The molecule has 0 radical (unpaired) electrons. The van der Waals surface area contributed by atoms with Gasteiger partial charge in [-0.15, -0.1) is 0 Å². The number of nitrogens with two attached hydrogens (primary N) is 1. The molecule has 0 aliphatic carbocycles. The van der Waals surface area contributed by atoms with Crippen molar-refractivity contribution in [2.45, 2.75) is 20.0 Å². The third-order valence-corrected chi connectivity index (χ3v) is 5.22. The molecule has 1 amide bonds. The van der Waals surface area contributed by atoms with E-state index in [0.717, 1.165) is 4.68 Å². The molecule has 9 heteroatoms. The molecule has 0 atom stereocenters. The summed E-state index contributed by atoms with van der Waals surface area (Å²) in [6, 6.07) is 12.1. The lowest BCUT2D eigenvalue weighted by atomic mass is 10.0. The molecule has 0 aliphatic rings. The monoisotopic (exact) mass is 424 g/mol. The lowest BCUT2D eigenvalue weighted by Crippen LogP contribution is -2.30. The summed E-state index contributed by atoms with van der Waals surface area (Å²) in [5.74, 6) is -1.69. The first-order valence-corrected chi connectivity index (χ1v) is 9.44. The number of carboxylic acids is 1. The number of hydrogen-bond donors (Lipinski definition) is 2. The number of aromatic nitrogens is 3. The minimum atomic E-state index is -0.993. The van der Waals surface area contributed by atoms with Crippen LogP contribution in [0.5, 0.6) is 0 Å². The molecule has 0 saturated carbocycles. The van der Waals surface area contributed by atoms with Gasteiger partial charge in [0.05, 0.1) is 5.39 Å². The number of carbonyl (C=O) groups excluding carboxylic acids is 1. The molecule has 0 unspecified atom stereocenters. The predicted molar refractivity (Wildman–Crippen MR) is 114 cm³/mol. The Kier molecular flexibility index (Phi) is 4.79. The topological polar surface area (TPSA) is 120 Å². The molecule has 2 heterocycles. The van der Waals surface area contributed by atoms with Crippen LogP contribution in [0.3, 0.4) is 0 Å². The average Bonchev–Trinajstić information content (AvgIpc) is 2.94. The number of halogens is 1. The van der Waals surface area contributed by atoms with Crippen molar-refractivity contribution in [1.29, 1.82) is 0 Å². The number of aliphatic carboxylic acids is 1. The Morgan fingerprint density at radius 2 is 1.80 bits per heavy atom. The Morgan fingerprint density at radius 3 is 2.47 bits per heavy atom. The maximum atomic E-state index is 12.8. The summed E-state index contributed by atoms with van der Waals surface area (Å²) in [4.78, 5) is 35.7. The maximum absolute atomic E-state index is 12.8. The van der Waals surface area contributed by atoms with Crippen LogP contribution in [0.2, 0.25) is 5.02 Å². The number of carbonyl (C=O) groups is 2. The van der Waals surface area contributed by atoms with Gasteiger partial charge in [0.2, 0.25) is 5.91 Å². The van der Waals surface area contributed by atoms with Crippen molar-refractivity contribution in [3.63, 3.8) is 0 Å². The number of amides is 1. The summed E-state index contributed by atoms with van der Waals surface area (Å²) in [5.41, 5.74) is 7.28. The zero-order valence-corrected chi connectivity index (χ0v) is 16.7. The quantitative estimate of drug-likeness (QED) is 0.510. The Labute approximate surface area is 175 Å². The Morgan fingerprint density at radius 1 is 1.10 bits per heavy atom. The Balaban J connectivity index is 2.15. The molecule has 0 fully saturated rings. The highest BCUT2D eigenvalue weighted by Gasteiger charge is 2.22. The second-order valence-corrected chi connectivity index (χ2v) is 7.36. The number of nitrogens with zero attached hydrogens (tertiary/aromatic N) is 3. The van der Waals surface area contributed by atoms with Crippen molar-refractivity contribution < 1.29 is 14.7 Å².